The Bertz CT molecular complexity index is 194. The monoisotopic (exact) mass is 243 g/mol. The van der Waals surface area contributed by atoms with E-state index in [1.54, 1.807) is 0 Å². The molecule has 2 rings (SSSR count). The molecule has 0 aromatic heterocycles. The van der Waals surface area contributed by atoms with E-state index in [1.165, 1.54) is 50.8 Å². The fourth-order valence-electron chi connectivity index (χ4n) is 2.64. The minimum Gasteiger partial charge on any atom is -0.377 e. The summed E-state index contributed by atoms with van der Waals surface area (Å²) in [6.45, 7) is 4.43. The molecule has 0 bridgehead atoms. The lowest BCUT2D eigenvalue weighted by molar-refractivity contribution is 0.129. The quantitative estimate of drug-likeness (QED) is 0.775. The molecule has 0 radical (unpaired) electrons. The summed E-state index contributed by atoms with van der Waals surface area (Å²) in [7, 11) is 0. The Morgan fingerprint density at radius 2 is 2.25 bits per heavy atom. The van der Waals surface area contributed by atoms with Crippen molar-refractivity contribution >= 4 is 11.8 Å². The van der Waals surface area contributed by atoms with Gasteiger partial charge in [-0.2, -0.15) is 11.8 Å². The number of hydrogen-bond acceptors (Lipinski definition) is 3. The molecule has 1 saturated heterocycles. The number of nitrogens with one attached hydrogen (secondary N) is 1. The molecule has 1 N–H and O–H groups in total. The molecular formula is C13H25NOS. The van der Waals surface area contributed by atoms with Crippen LogP contribution in [0.3, 0.4) is 0 Å². The fourth-order valence-corrected chi connectivity index (χ4v) is 4.07. The van der Waals surface area contributed by atoms with Gasteiger partial charge in [0, 0.05) is 23.7 Å². The van der Waals surface area contributed by atoms with Crippen LogP contribution in [0.2, 0.25) is 0 Å². The van der Waals surface area contributed by atoms with Crippen LogP contribution in [0.5, 0.6) is 0 Å². The van der Waals surface area contributed by atoms with Crippen molar-refractivity contribution in [1.29, 1.82) is 0 Å². The third-order valence-electron chi connectivity index (χ3n) is 3.61. The fraction of sp³-hybridized carbons (Fsp3) is 1.00. The van der Waals surface area contributed by atoms with Gasteiger partial charge >= 0.3 is 0 Å². The summed E-state index contributed by atoms with van der Waals surface area (Å²) in [5, 5.41) is 4.53. The van der Waals surface area contributed by atoms with Gasteiger partial charge in [0.25, 0.3) is 0 Å². The summed E-state index contributed by atoms with van der Waals surface area (Å²) >= 11 is 2.15. The van der Waals surface area contributed by atoms with E-state index in [0.29, 0.717) is 6.10 Å². The van der Waals surface area contributed by atoms with Crippen LogP contribution in [0, 0.1) is 0 Å². The average molecular weight is 243 g/mol. The van der Waals surface area contributed by atoms with E-state index in [0.717, 1.165) is 17.9 Å². The van der Waals surface area contributed by atoms with Crippen LogP contribution < -0.4 is 5.32 Å². The molecule has 16 heavy (non-hydrogen) atoms. The molecule has 1 heterocycles. The molecule has 2 nitrogen and oxygen atoms in total. The second-order valence-electron chi connectivity index (χ2n) is 5.05. The molecule has 3 unspecified atom stereocenters. The van der Waals surface area contributed by atoms with E-state index in [1.807, 2.05) is 0 Å². The summed E-state index contributed by atoms with van der Waals surface area (Å²) in [5.41, 5.74) is 0. The van der Waals surface area contributed by atoms with E-state index < -0.39 is 0 Å². The van der Waals surface area contributed by atoms with Crippen LogP contribution in [0.4, 0.5) is 0 Å². The van der Waals surface area contributed by atoms with Gasteiger partial charge in [-0.3, -0.25) is 0 Å². The summed E-state index contributed by atoms with van der Waals surface area (Å²) in [4.78, 5) is 0. The molecule has 2 aliphatic rings. The highest BCUT2D eigenvalue weighted by molar-refractivity contribution is 7.99. The standard InChI is InChI=1S/C13H25NOS/c1-2-7-14-11-5-6-13(9-11)16-10-12-4-3-8-15-12/h11-14H,2-10H2,1H3. The SMILES string of the molecule is CCCNC1CCC(SCC2CCCO2)C1. The van der Waals surface area contributed by atoms with Crippen molar-refractivity contribution in [2.45, 2.75) is 62.8 Å². The van der Waals surface area contributed by atoms with Gasteiger partial charge in [-0.25, -0.2) is 0 Å². The van der Waals surface area contributed by atoms with Crippen LogP contribution in [-0.2, 0) is 4.74 Å². The van der Waals surface area contributed by atoms with Gasteiger partial charge in [0.15, 0.2) is 0 Å². The van der Waals surface area contributed by atoms with E-state index >= 15 is 0 Å². The Hall–Kier alpha value is 0.270. The number of thioether (sulfide) groups is 1. The van der Waals surface area contributed by atoms with Crippen molar-refractivity contribution in [1.82, 2.24) is 5.32 Å². The number of rotatable bonds is 6. The van der Waals surface area contributed by atoms with Gasteiger partial charge in [0.2, 0.25) is 0 Å². The molecule has 1 saturated carbocycles. The molecule has 0 amide bonds. The Kier molecular flexibility index (Phi) is 5.46. The van der Waals surface area contributed by atoms with Gasteiger partial charge < -0.3 is 10.1 Å². The molecule has 0 aromatic rings. The van der Waals surface area contributed by atoms with Crippen molar-refractivity contribution in [2.24, 2.45) is 0 Å². The van der Waals surface area contributed by atoms with Crippen molar-refractivity contribution in [3.05, 3.63) is 0 Å². The first-order valence-corrected chi connectivity index (χ1v) is 7.90. The van der Waals surface area contributed by atoms with Crippen molar-refractivity contribution in [3.8, 4) is 0 Å². The lowest BCUT2D eigenvalue weighted by Crippen LogP contribution is -2.27. The highest BCUT2D eigenvalue weighted by Crippen LogP contribution is 2.31. The second kappa shape index (κ2) is 6.87. The van der Waals surface area contributed by atoms with Gasteiger partial charge in [0.05, 0.1) is 6.10 Å². The zero-order chi connectivity index (χ0) is 11.2. The Balaban J connectivity index is 1.57. The maximum atomic E-state index is 5.67. The largest absolute Gasteiger partial charge is 0.377 e. The smallest absolute Gasteiger partial charge is 0.0666 e. The van der Waals surface area contributed by atoms with E-state index in [9.17, 15) is 0 Å². The third-order valence-corrected chi connectivity index (χ3v) is 5.07. The van der Waals surface area contributed by atoms with Gasteiger partial charge in [-0.15, -0.1) is 0 Å². The highest BCUT2D eigenvalue weighted by Gasteiger charge is 2.26. The third kappa shape index (κ3) is 3.94. The molecular weight excluding hydrogens is 218 g/mol. The van der Waals surface area contributed by atoms with Crippen LogP contribution in [0.15, 0.2) is 0 Å². The Morgan fingerprint density at radius 1 is 1.31 bits per heavy atom. The van der Waals surface area contributed by atoms with Crippen molar-refractivity contribution in [3.63, 3.8) is 0 Å². The summed E-state index contributed by atoms with van der Waals surface area (Å²) < 4.78 is 5.67. The topological polar surface area (TPSA) is 21.3 Å². The number of ether oxygens (including phenoxy) is 1. The normalized spacial score (nSPS) is 34.7. The molecule has 3 atom stereocenters. The van der Waals surface area contributed by atoms with E-state index in [2.05, 4.69) is 24.0 Å². The van der Waals surface area contributed by atoms with Gasteiger partial charge in [-0.05, 0) is 45.1 Å². The molecule has 1 aliphatic carbocycles. The molecule has 0 spiro atoms. The van der Waals surface area contributed by atoms with Gasteiger partial charge in [-0.1, -0.05) is 6.92 Å². The molecule has 0 aromatic carbocycles. The summed E-state index contributed by atoms with van der Waals surface area (Å²) in [6, 6.07) is 0.793. The average Bonchev–Trinajstić information content (AvgIpc) is 2.95. The second-order valence-corrected chi connectivity index (χ2v) is 6.39. The van der Waals surface area contributed by atoms with Crippen molar-refractivity contribution in [2.75, 3.05) is 18.9 Å². The number of hydrogen-bond donors (Lipinski definition) is 1. The zero-order valence-corrected chi connectivity index (χ0v) is 11.2. The Morgan fingerprint density at radius 3 is 3.00 bits per heavy atom. The van der Waals surface area contributed by atoms with E-state index in [4.69, 9.17) is 4.74 Å². The molecule has 3 heteroatoms. The summed E-state index contributed by atoms with van der Waals surface area (Å²) in [6.07, 6.45) is 8.53. The molecule has 1 aliphatic heterocycles. The maximum Gasteiger partial charge on any atom is 0.0666 e. The first-order valence-electron chi connectivity index (χ1n) is 6.85. The summed E-state index contributed by atoms with van der Waals surface area (Å²) in [5.74, 6) is 1.23. The molecule has 94 valence electrons. The van der Waals surface area contributed by atoms with Crippen LogP contribution in [-0.4, -0.2) is 36.3 Å². The predicted octanol–water partition coefficient (Wildman–Crippen LogP) is 2.82. The lowest BCUT2D eigenvalue weighted by atomic mass is 10.2. The first kappa shape index (κ1) is 12.7. The molecule has 2 fully saturated rings. The minimum atomic E-state index is 0.563. The first-order chi connectivity index (χ1) is 7.88. The van der Waals surface area contributed by atoms with Gasteiger partial charge in [0.1, 0.15) is 0 Å². The van der Waals surface area contributed by atoms with E-state index in [-0.39, 0.29) is 0 Å². The van der Waals surface area contributed by atoms with Crippen molar-refractivity contribution < 1.29 is 4.74 Å². The van der Waals surface area contributed by atoms with Crippen LogP contribution in [0.1, 0.15) is 45.4 Å². The highest BCUT2D eigenvalue weighted by atomic mass is 32.2. The Labute approximate surface area is 104 Å². The predicted molar refractivity (Wildman–Crippen MR) is 71.2 cm³/mol. The minimum absolute atomic E-state index is 0.563. The van der Waals surface area contributed by atoms with Crippen LogP contribution >= 0.6 is 11.8 Å². The van der Waals surface area contributed by atoms with Crippen LogP contribution in [0.25, 0.3) is 0 Å². The zero-order valence-electron chi connectivity index (χ0n) is 10.4. The lowest BCUT2D eigenvalue weighted by Gasteiger charge is -2.14. The maximum absolute atomic E-state index is 5.67.